The van der Waals surface area contributed by atoms with Gasteiger partial charge >= 0.3 is 0 Å². The molecule has 6 nitrogen and oxygen atoms in total. The molecule has 0 aromatic carbocycles. The zero-order chi connectivity index (χ0) is 16.2. The second kappa shape index (κ2) is 6.56. The third-order valence-corrected chi connectivity index (χ3v) is 3.83. The first-order chi connectivity index (χ1) is 11.2. The Morgan fingerprint density at radius 1 is 1.39 bits per heavy atom. The molecule has 1 N–H and O–H groups in total. The molecule has 1 amide bonds. The average molecular weight is 309 g/mol. The summed E-state index contributed by atoms with van der Waals surface area (Å²) in [5, 5.41) is 3.18. The molecule has 23 heavy (non-hydrogen) atoms. The maximum absolute atomic E-state index is 12.0. The SMILES string of the molecule is C=CC(=O)N1CCC[C@@H]1c1cc(Nc2ccccn2)nc(C)n1. The Morgan fingerprint density at radius 3 is 3.00 bits per heavy atom. The molecule has 0 unspecified atom stereocenters. The van der Waals surface area contributed by atoms with Crippen molar-refractivity contribution in [2.75, 3.05) is 11.9 Å². The summed E-state index contributed by atoms with van der Waals surface area (Å²) in [5.41, 5.74) is 0.851. The van der Waals surface area contributed by atoms with Crippen LogP contribution in [-0.2, 0) is 4.79 Å². The predicted octanol–water partition coefficient (Wildman–Crippen LogP) is 2.77. The van der Waals surface area contributed by atoms with Gasteiger partial charge in [0, 0.05) is 18.8 Å². The van der Waals surface area contributed by atoms with Gasteiger partial charge in [0.25, 0.3) is 0 Å². The number of rotatable bonds is 4. The zero-order valence-electron chi connectivity index (χ0n) is 13.1. The van der Waals surface area contributed by atoms with Crippen LogP contribution in [0.3, 0.4) is 0 Å². The van der Waals surface area contributed by atoms with E-state index in [1.165, 1.54) is 6.08 Å². The van der Waals surface area contributed by atoms with Gasteiger partial charge < -0.3 is 10.2 Å². The second-order valence-corrected chi connectivity index (χ2v) is 5.46. The van der Waals surface area contributed by atoms with Gasteiger partial charge in [0.1, 0.15) is 17.5 Å². The maximum Gasteiger partial charge on any atom is 0.246 e. The molecule has 1 fully saturated rings. The van der Waals surface area contributed by atoms with Crippen LogP contribution in [0.1, 0.15) is 30.4 Å². The number of aromatic nitrogens is 3. The van der Waals surface area contributed by atoms with E-state index in [0.29, 0.717) is 11.6 Å². The largest absolute Gasteiger partial charge is 0.331 e. The van der Waals surface area contributed by atoms with Gasteiger partial charge in [-0.3, -0.25) is 4.79 Å². The fraction of sp³-hybridized carbons (Fsp3) is 0.294. The van der Waals surface area contributed by atoms with E-state index in [4.69, 9.17) is 0 Å². The summed E-state index contributed by atoms with van der Waals surface area (Å²) in [4.78, 5) is 27.0. The van der Waals surface area contributed by atoms with Gasteiger partial charge in [-0.15, -0.1) is 0 Å². The Hall–Kier alpha value is -2.76. The van der Waals surface area contributed by atoms with E-state index in [9.17, 15) is 4.79 Å². The summed E-state index contributed by atoms with van der Waals surface area (Å²) < 4.78 is 0. The highest BCUT2D eigenvalue weighted by Gasteiger charge is 2.30. The monoisotopic (exact) mass is 309 g/mol. The molecule has 0 bridgehead atoms. The molecule has 0 spiro atoms. The van der Waals surface area contributed by atoms with E-state index in [-0.39, 0.29) is 11.9 Å². The summed E-state index contributed by atoms with van der Waals surface area (Å²) >= 11 is 0. The highest BCUT2D eigenvalue weighted by molar-refractivity contribution is 5.87. The van der Waals surface area contributed by atoms with Crippen LogP contribution in [0, 0.1) is 6.92 Å². The van der Waals surface area contributed by atoms with Crippen molar-refractivity contribution in [3.8, 4) is 0 Å². The third kappa shape index (κ3) is 3.36. The second-order valence-electron chi connectivity index (χ2n) is 5.46. The molecule has 1 saturated heterocycles. The zero-order valence-corrected chi connectivity index (χ0v) is 13.1. The normalized spacial score (nSPS) is 17.1. The highest BCUT2D eigenvalue weighted by Crippen LogP contribution is 2.32. The fourth-order valence-electron chi connectivity index (χ4n) is 2.85. The lowest BCUT2D eigenvalue weighted by atomic mass is 10.1. The molecule has 2 aromatic rings. The van der Waals surface area contributed by atoms with Gasteiger partial charge in [0.15, 0.2) is 0 Å². The molecule has 0 saturated carbocycles. The van der Waals surface area contributed by atoms with Gasteiger partial charge in [-0.2, -0.15) is 0 Å². The van der Waals surface area contributed by atoms with Crippen LogP contribution in [0.4, 0.5) is 11.6 Å². The van der Waals surface area contributed by atoms with Crippen LogP contribution in [0.2, 0.25) is 0 Å². The van der Waals surface area contributed by atoms with E-state index in [0.717, 1.165) is 30.9 Å². The van der Waals surface area contributed by atoms with Crippen molar-refractivity contribution in [3.63, 3.8) is 0 Å². The molecule has 1 aliphatic heterocycles. The lowest BCUT2D eigenvalue weighted by molar-refractivity contribution is -0.126. The van der Waals surface area contributed by atoms with Crippen molar-refractivity contribution in [2.45, 2.75) is 25.8 Å². The number of hydrogen-bond donors (Lipinski definition) is 1. The van der Waals surface area contributed by atoms with Crippen molar-refractivity contribution >= 4 is 17.5 Å². The minimum atomic E-state index is -0.0528. The first-order valence-corrected chi connectivity index (χ1v) is 7.64. The lowest BCUT2D eigenvalue weighted by Crippen LogP contribution is -2.29. The van der Waals surface area contributed by atoms with Gasteiger partial charge in [-0.05, 0) is 38.0 Å². The molecular weight excluding hydrogens is 290 g/mol. The Morgan fingerprint density at radius 2 is 2.26 bits per heavy atom. The van der Waals surface area contributed by atoms with Crippen LogP contribution < -0.4 is 5.32 Å². The number of carbonyl (C=O) groups is 1. The Kier molecular flexibility index (Phi) is 4.32. The maximum atomic E-state index is 12.0. The Bertz CT molecular complexity index is 716. The number of pyridine rings is 1. The molecule has 0 aliphatic carbocycles. The van der Waals surface area contributed by atoms with Gasteiger partial charge in [0.05, 0.1) is 11.7 Å². The smallest absolute Gasteiger partial charge is 0.246 e. The topological polar surface area (TPSA) is 71.0 Å². The van der Waals surface area contributed by atoms with Crippen molar-refractivity contribution in [1.29, 1.82) is 0 Å². The van der Waals surface area contributed by atoms with Crippen molar-refractivity contribution in [2.24, 2.45) is 0 Å². The van der Waals surface area contributed by atoms with E-state index < -0.39 is 0 Å². The first-order valence-electron chi connectivity index (χ1n) is 7.64. The van der Waals surface area contributed by atoms with Crippen molar-refractivity contribution < 1.29 is 4.79 Å². The number of nitrogens with one attached hydrogen (secondary N) is 1. The van der Waals surface area contributed by atoms with Crippen LogP contribution in [0.5, 0.6) is 0 Å². The quantitative estimate of drug-likeness (QED) is 0.879. The molecule has 3 heterocycles. The van der Waals surface area contributed by atoms with Gasteiger partial charge in [-0.1, -0.05) is 12.6 Å². The number of aryl methyl sites for hydroxylation is 1. The number of hydrogen-bond acceptors (Lipinski definition) is 5. The van der Waals surface area contributed by atoms with E-state index in [2.05, 4.69) is 26.8 Å². The van der Waals surface area contributed by atoms with Crippen LogP contribution in [0.25, 0.3) is 0 Å². The first kappa shape index (κ1) is 15.1. The predicted molar refractivity (Wildman–Crippen MR) is 88.2 cm³/mol. The van der Waals surface area contributed by atoms with Crippen LogP contribution in [-0.4, -0.2) is 32.3 Å². The van der Waals surface area contributed by atoms with Gasteiger partial charge in [0.2, 0.25) is 5.91 Å². The molecule has 1 aliphatic rings. The Labute approximate surface area is 135 Å². The Balaban J connectivity index is 1.88. The van der Waals surface area contributed by atoms with Crippen LogP contribution >= 0.6 is 0 Å². The number of anilines is 2. The summed E-state index contributed by atoms with van der Waals surface area (Å²) in [7, 11) is 0. The molecule has 3 rings (SSSR count). The van der Waals surface area contributed by atoms with Gasteiger partial charge in [-0.25, -0.2) is 15.0 Å². The minimum Gasteiger partial charge on any atom is -0.331 e. The molecule has 6 heteroatoms. The molecule has 2 aromatic heterocycles. The standard InChI is InChI=1S/C17H19N5O/c1-3-17(23)22-10-6-7-14(22)13-11-16(20-12(2)19-13)21-15-8-4-5-9-18-15/h3-5,8-9,11,14H,1,6-7,10H2,2H3,(H,18,19,20,21)/t14-/m1/s1. The summed E-state index contributed by atoms with van der Waals surface area (Å²) in [5.74, 6) is 2.02. The average Bonchev–Trinajstić information content (AvgIpc) is 3.04. The number of likely N-dealkylation sites (tertiary alicyclic amines) is 1. The fourth-order valence-corrected chi connectivity index (χ4v) is 2.85. The third-order valence-electron chi connectivity index (χ3n) is 3.83. The highest BCUT2D eigenvalue weighted by atomic mass is 16.2. The molecule has 0 radical (unpaired) electrons. The number of carbonyl (C=O) groups excluding carboxylic acids is 1. The lowest BCUT2D eigenvalue weighted by Gasteiger charge is -2.23. The van der Waals surface area contributed by atoms with E-state index in [1.807, 2.05) is 36.1 Å². The van der Waals surface area contributed by atoms with E-state index in [1.54, 1.807) is 6.20 Å². The summed E-state index contributed by atoms with van der Waals surface area (Å²) in [6.07, 6.45) is 4.95. The number of amides is 1. The summed E-state index contributed by atoms with van der Waals surface area (Å²) in [6.45, 7) is 6.17. The van der Waals surface area contributed by atoms with E-state index >= 15 is 0 Å². The minimum absolute atomic E-state index is 0.0218. The molecule has 1 atom stereocenters. The molecule has 118 valence electrons. The molecular formula is C17H19N5O. The van der Waals surface area contributed by atoms with Crippen molar-refractivity contribution in [3.05, 3.63) is 54.6 Å². The number of nitrogens with zero attached hydrogens (tertiary/aromatic N) is 4. The summed E-state index contributed by atoms with van der Waals surface area (Å²) in [6, 6.07) is 7.51. The van der Waals surface area contributed by atoms with Crippen molar-refractivity contribution in [1.82, 2.24) is 19.9 Å². The van der Waals surface area contributed by atoms with Crippen LogP contribution in [0.15, 0.2) is 43.1 Å².